The molecule has 0 unspecified atom stereocenters. The molecule has 2 aromatic rings. The summed E-state index contributed by atoms with van der Waals surface area (Å²) in [6.45, 7) is 6.88. The van der Waals surface area contributed by atoms with Crippen LogP contribution < -0.4 is 5.56 Å². The quantitative estimate of drug-likeness (QED) is 0.787. The summed E-state index contributed by atoms with van der Waals surface area (Å²) in [6.07, 6.45) is 0. The summed E-state index contributed by atoms with van der Waals surface area (Å²) < 4.78 is 2.13. The maximum atomic E-state index is 12.3. The molecule has 1 aromatic carbocycles. The van der Waals surface area contributed by atoms with Gasteiger partial charge in [0.05, 0.1) is 10.9 Å². The van der Waals surface area contributed by atoms with E-state index in [0.29, 0.717) is 16.7 Å². The normalized spacial score (nSPS) is 11.9. The third kappa shape index (κ3) is 2.47. The number of benzene rings is 1. The Morgan fingerprint density at radius 3 is 2.59 bits per heavy atom. The van der Waals surface area contributed by atoms with Crippen LogP contribution in [-0.2, 0) is 6.54 Å². The SMILES string of the molecule is CC(C)(C)Cn1c(=S)[nH]c2ccccc2c1=O. The third-order valence-electron chi connectivity index (χ3n) is 2.52. The first-order valence-corrected chi connectivity index (χ1v) is 6.01. The molecule has 0 bridgehead atoms. The van der Waals surface area contributed by atoms with Crippen LogP contribution in [0.3, 0.4) is 0 Å². The van der Waals surface area contributed by atoms with E-state index in [1.54, 1.807) is 4.57 Å². The van der Waals surface area contributed by atoms with E-state index >= 15 is 0 Å². The van der Waals surface area contributed by atoms with Crippen LogP contribution in [0.2, 0.25) is 0 Å². The average Bonchev–Trinajstić information content (AvgIpc) is 2.23. The van der Waals surface area contributed by atoms with E-state index in [9.17, 15) is 4.79 Å². The van der Waals surface area contributed by atoms with E-state index in [0.717, 1.165) is 5.52 Å². The molecule has 0 atom stereocenters. The van der Waals surface area contributed by atoms with Crippen LogP contribution in [0.4, 0.5) is 0 Å². The lowest BCUT2D eigenvalue weighted by Gasteiger charge is -2.19. The molecule has 0 aliphatic carbocycles. The Labute approximate surface area is 105 Å². The van der Waals surface area contributed by atoms with E-state index in [-0.39, 0.29) is 11.0 Å². The van der Waals surface area contributed by atoms with Gasteiger partial charge >= 0.3 is 0 Å². The molecule has 0 spiro atoms. The van der Waals surface area contributed by atoms with Crippen LogP contribution in [0.25, 0.3) is 10.9 Å². The molecule has 17 heavy (non-hydrogen) atoms. The van der Waals surface area contributed by atoms with Gasteiger partial charge in [-0.1, -0.05) is 32.9 Å². The van der Waals surface area contributed by atoms with Crippen molar-refractivity contribution in [2.24, 2.45) is 5.41 Å². The topological polar surface area (TPSA) is 37.8 Å². The molecule has 1 N–H and O–H groups in total. The van der Waals surface area contributed by atoms with Crippen molar-refractivity contribution in [2.75, 3.05) is 0 Å². The Bertz CT molecular complexity index is 661. The summed E-state index contributed by atoms with van der Waals surface area (Å²) >= 11 is 5.24. The summed E-state index contributed by atoms with van der Waals surface area (Å²) in [5.74, 6) is 0. The monoisotopic (exact) mass is 248 g/mol. The largest absolute Gasteiger partial charge is 0.332 e. The van der Waals surface area contributed by atoms with Gasteiger partial charge in [-0.15, -0.1) is 0 Å². The van der Waals surface area contributed by atoms with Crippen LogP contribution in [-0.4, -0.2) is 9.55 Å². The molecule has 0 amide bonds. The predicted octanol–water partition coefficient (Wildman–Crippen LogP) is 3.11. The van der Waals surface area contributed by atoms with Crippen molar-refractivity contribution < 1.29 is 0 Å². The van der Waals surface area contributed by atoms with Gasteiger partial charge in [0.15, 0.2) is 4.77 Å². The fraction of sp³-hybridized carbons (Fsp3) is 0.385. The number of rotatable bonds is 1. The molecule has 0 radical (unpaired) electrons. The van der Waals surface area contributed by atoms with Gasteiger partial charge in [-0.2, -0.15) is 0 Å². The Balaban J connectivity index is 2.73. The minimum Gasteiger partial charge on any atom is -0.332 e. The molecule has 1 heterocycles. The predicted molar refractivity (Wildman–Crippen MR) is 72.8 cm³/mol. The highest BCUT2D eigenvalue weighted by Crippen LogP contribution is 2.16. The summed E-state index contributed by atoms with van der Waals surface area (Å²) in [5.41, 5.74) is 0.806. The number of hydrogen-bond acceptors (Lipinski definition) is 2. The highest BCUT2D eigenvalue weighted by molar-refractivity contribution is 7.71. The highest BCUT2D eigenvalue weighted by Gasteiger charge is 2.14. The van der Waals surface area contributed by atoms with Crippen molar-refractivity contribution in [3.63, 3.8) is 0 Å². The molecular weight excluding hydrogens is 232 g/mol. The number of aromatic nitrogens is 2. The van der Waals surface area contributed by atoms with E-state index in [4.69, 9.17) is 12.2 Å². The summed E-state index contributed by atoms with van der Waals surface area (Å²) in [5, 5.41) is 0.686. The number of aromatic amines is 1. The number of nitrogens with one attached hydrogen (secondary N) is 1. The molecule has 1 aromatic heterocycles. The van der Waals surface area contributed by atoms with Crippen LogP contribution in [0.5, 0.6) is 0 Å². The second-order valence-corrected chi connectivity index (χ2v) is 5.81. The van der Waals surface area contributed by atoms with Gasteiger partial charge < -0.3 is 4.98 Å². The number of nitrogens with zero attached hydrogens (tertiary/aromatic N) is 1. The maximum absolute atomic E-state index is 12.3. The first-order chi connectivity index (χ1) is 7.88. The van der Waals surface area contributed by atoms with Gasteiger partial charge in [-0.25, -0.2) is 0 Å². The van der Waals surface area contributed by atoms with Crippen molar-refractivity contribution in [1.82, 2.24) is 9.55 Å². The van der Waals surface area contributed by atoms with Gasteiger partial charge in [0.25, 0.3) is 5.56 Å². The van der Waals surface area contributed by atoms with Crippen molar-refractivity contribution >= 4 is 23.1 Å². The van der Waals surface area contributed by atoms with Crippen molar-refractivity contribution in [3.8, 4) is 0 Å². The molecule has 90 valence electrons. The summed E-state index contributed by atoms with van der Waals surface area (Å²) in [4.78, 5) is 15.4. The first kappa shape index (κ1) is 12.0. The van der Waals surface area contributed by atoms with Gasteiger partial charge in [0, 0.05) is 6.54 Å². The van der Waals surface area contributed by atoms with Gasteiger partial charge in [0.1, 0.15) is 0 Å². The lowest BCUT2D eigenvalue weighted by molar-refractivity contribution is 0.335. The number of hydrogen-bond donors (Lipinski definition) is 1. The van der Waals surface area contributed by atoms with E-state index < -0.39 is 0 Å². The van der Waals surface area contributed by atoms with E-state index in [1.165, 1.54) is 0 Å². The molecule has 2 rings (SSSR count). The standard InChI is InChI=1S/C13H16N2OS/c1-13(2,3)8-15-11(16)9-6-4-5-7-10(9)14-12(15)17/h4-7H,8H2,1-3H3,(H,14,17). The molecule has 3 nitrogen and oxygen atoms in total. The van der Waals surface area contributed by atoms with Crippen molar-refractivity contribution in [2.45, 2.75) is 27.3 Å². The zero-order valence-electron chi connectivity index (χ0n) is 10.3. The second kappa shape index (κ2) is 4.11. The minimum absolute atomic E-state index is 0.0146. The molecule has 0 fully saturated rings. The zero-order valence-corrected chi connectivity index (χ0v) is 11.1. The van der Waals surface area contributed by atoms with Gasteiger partial charge in [0.2, 0.25) is 0 Å². The molecule has 0 aliphatic rings. The zero-order chi connectivity index (χ0) is 12.6. The maximum Gasteiger partial charge on any atom is 0.262 e. The number of H-pyrrole nitrogens is 1. The average molecular weight is 248 g/mol. The fourth-order valence-electron chi connectivity index (χ4n) is 1.82. The molecule has 0 aliphatic heterocycles. The Morgan fingerprint density at radius 1 is 1.29 bits per heavy atom. The molecular formula is C13H16N2OS. The van der Waals surface area contributed by atoms with Crippen molar-refractivity contribution in [1.29, 1.82) is 0 Å². The van der Waals surface area contributed by atoms with Crippen LogP contribution in [0.1, 0.15) is 20.8 Å². The van der Waals surface area contributed by atoms with Crippen LogP contribution >= 0.6 is 12.2 Å². The van der Waals surface area contributed by atoms with Crippen LogP contribution in [0.15, 0.2) is 29.1 Å². The Hall–Kier alpha value is -1.42. The molecule has 4 heteroatoms. The summed E-state index contributed by atoms with van der Waals surface area (Å²) in [7, 11) is 0. The van der Waals surface area contributed by atoms with Crippen LogP contribution in [0, 0.1) is 10.2 Å². The lowest BCUT2D eigenvalue weighted by Crippen LogP contribution is -2.28. The fourth-order valence-corrected chi connectivity index (χ4v) is 2.07. The van der Waals surface area contributed by atoms with Gasteiger partial charge in [-0.05, 0) is 29.8 Å². The lowest BCUT2D eigenvalue weighted by atomic mass is 9.97. The Kier molecular flexibility index (Phi) is 2.91. The van der Waals surface area contributed by atoms with E-state index in [2.05, 4.69) is 25.8 Å². The van der Waals surface area contributed by atoms with Crippen molar-refractivity contribution in [3.05, 3.63) is 39.4 Å². The third-order valence-corrected chi connectivity index (χ3v) is 2.84. The second-order valence-electron chi connectivity index (χ2n) is 5.43. The highest BCUT2D eigenvalue weighted by atomic mass is 32.1. The summed E-state index contributed by atoms with van der Waals surface area (Å²) in [6, 6.07) is 7.44. The Morgan fingerprint density at radius 2 is 1.94 bits per heavy atom. The number of fused-ring (bicyclic) bond motifs is 1. The molecule has 0 saturated carbocycles. The van der Waals surface area contributed by atoms with E-state index in [1.807, 2.05) is 24.3 Å². The molecule has 0 saturated heterocycles. The number of para-hydroxylation sites is 1. The van der Waals surface area contributed by atoms with Gasteiger partial charge in [-0.3, -0.25) is 9.36 Å². The minimum atomic E-state index is -0.0146. The smallest absolute Gasteiger partial charge is 0.262 e. The first-order valence-electron chi connectivity index (χ1n) is 5.60.